The maximum Gasteiger partial charge on any atom is 0.325 e. The number of carbonyl (C=O) groups is 4. The van der Waals surface area contributed by atoms with Crippen molar-refractivity contribution in [3.8, 4) is 0 Å². The van der Waals surface area contributed by atoms with Crippen LogP contribution in [-0.4, -0.2) is 53.6 Å². The standard InChI is InChI=1S/C27H29N5O4S/c1-5-21(33)20-15-37-26(28-20)30-24(34)23(16(2)17-9-7-6-8-10-17)32-25(35)22(29-27(32)36)18-11-13-19(14-12-18)31(3)4/h6-16,22-23H,5H2,1-4H3,(H,29,36)(H,28,30,34)/t16-,22?,23?/m0/s1. The molecule has 2 heterocycles. The number of Topliss-reactive ketones (excluding diaryl/α,β-unsaturated/α-hetero) is 1. The van der Waals surface area contributed by atoms with Crippen molar-refractivity contribution in [3.63, 3.8) is 0 Å². The summed E-state index contributed by atoms with van der Waals surface area (Å²) in [5.74, 6) is -1.72. The fourth-order valence-electron chi connectivity index (χ4n) is 4.27. The van der Waals surface area contributed by atoms with Gasteiger partial charge in [0, 0.05) is 37.5 Å². The third-order valence-corrected chi connectivity index (χ3v) is 7.16. The Morgan fingerprint density at radius 2 is 1.78 bits per heavy atom. The molecule has 0 aliphatic carbocycles. The first kappa shape index (κ1) is 26.0. The third kappa shape index (κ3) is 5.39. The van der Waals surface area contributed by atoms with Gasteiger partial charge in [0.25, 0.3) is 5.91 Å². The summed E-state index contributed by atoms with van der Waals surface area (Å²) < 4.78 is 0. The Bertz CT molecular complexity index is 1310. The van der Waals surface area contributed by atoms with Crippen molar-refractivity contribution in [3.05, 3.63) is 76.8 Å². The van der Waals surface area contributed by atoms with Crippen LogP contribution < -0.4 is 15.5 Å². The van der Waals surface area contributed by atoms with Crippen molar-refractivity contribution >= 4 is 45.8 Å². The van der Waals surface area contributed by atoms with Crippen LogP contribution in [0.15, 0.2) is 60.0 Å². The lowest BCUT2D eigenvalue weighted by molar-refractivity contribution is -0.134. The first-order valence-electron chi connectivity index (χ1n) is 12.0. The van der Waals surface area contributed by atoms with E-state index in [0.717, 1.165) is 27.5 Å². The monoisotopic (exact) mass is 519 g/mol. The number of hydrogen-bond acceptors (Lipinski definition) is 7. The number of urea groups is 1. The third-order valence-electron chi connectivity index (χ3n) is 6.40. The number of anilines is 2. The number of nitrogens with zero attached hydrogens (tertiary/aromatic N) is 3. The first-order valence-corrected chi connectivity index (χ1v) is 12.8. The zero-order valence-corrected chi connectivity index (χ0v) is 21.9. The second-order valence-corrected chi connectivity index (χ2v) is 9.88. The lowest BCUT2D eigenvalue weighted by Crippen LogP contribution is -2.50. The molecule has 0 bridgehead atoms. The van der Waals surface area contributed by atoms with Gasteiger partial charge >= 0.3 is 6.03 Å². The summed E-state index contributed by atoms with van der Waals surface area (Å²) in [7, 11) is 3.83. The minimum Gasteiger partial charge on any atom is -0.378 e. The van der Waals surface area contributed by atoms with E-state index in [-0.39, 0.29) is 16.6 Å². The molecule has 0 spiro atoms. The summed E-state index contributed by atoms with van der Waals surface area (Å²) in [6.45, 7) is 3.53. The summed E-state index contributed by atoms with van der Waals surface area (Å²) in [5.41, 5.74) is 2.65. The van der Waals surface area contributed by atoms with E-state index >= 15 is 0 Å². The van der Waals surface area contributed by atoms with Crippen LogP contribution in [-0.2, 0) is 9.59 Å². The minimum atomic E-state index is -1.14. The fraction of sp³-hybridized carbons (Fsp3) is 0.296. The second kappa shape index (κ2) is 10.9. The molecule has 4 amide bonds. The average Bonchev–Trinajstić information content (AvgIpc) is 3.48. The van der Waals surface area contributed by atoms with Crippen molar-refractivity contribution < 1.29 is 19.2 Å². The van der Waals surface area contributed by atoms with Gasteiger partial charge in [-0.15, -0.1) is 11.3 Å². The largest absolute Gasteiger partial charge is 0.378 e. The van der Waals surface area contributed by atoms with Gasteiger partial charge in [-0.3, -0.25) is 14.4 Å². The fourth-order valence-corrected chi connectivity index (χ4v) is 4.99. The van der Waals surface area contributed by atoms with Crippen molar-refractivity contribution in [1.29, 1.82) is 0 Å². The van der Waals surface area contributed by atoms with Crippen LogP contribution in [0.1, 0.15) is 53.8 Å². The van der Waals surface area contributed by atoms with Gasteiger partial charge in [-0.2, -0.15) is 0 Å². The molecule has 3 atom stereocenters. The molecule has 1 aliphatic heterocycles. The lowest BCUT2D eigenvalue weighted by atomic mass is 9.91. The highest BCUT2D eigenvalue weighted by molar-refractivity contribution is 7.14. The van der Waals surface area contributed by atoms with Crippen LogP contribution in [0, 0.1) is 0 Å². The van der Waals surface area contributed by atoms with E-state index in [9.17, 15) is 19.2 Å². The summed E-state index contributed by atoms with van der Waals surface area (Å²) >= 11 is 1.12. The first-order chi connectivity index (χ1) is 17.7. The van der Waals surface area contributed by atoms with Gasteiger partial charge in [-0.25, -0.2) is 14.7 Å². The predicted octanol–water partition coefficient (Wildman–Crippen LogP) is 4.21. The zero-order chi connectivity index (χ0) is 26.7. The van der Waals surface area contributed by atoms with E-state index < -0.39 is 35.8 Å². The molecule has 0 radical (unpaired) electrons. The molecule has 1 fully saturated rings. The number of aromatic nitrogens is 1. The van der Waals surface area contributed by atoms with Crippen molar-refractivity contribution in [2.45, 2.75) is 38.3 Å². The maximum absolute atomic E-state index is 13.6. The van der Waals surface area contributed by atoms with E-state index in [2.05, 4.69) is 15.6 Å². The number of amides is 4. The Hall–Kier alpha value is -4.05. The zero-order valence-electron chi connectivity index (χ0n) is 21.1. The highest BCUT2D eigenvalue weighted by atomic mass is 32.1. The Kier molecular flexibility index (Phi) is 7.68. The number of thiazole rings is 1. The Labute approximate surface area is 219 Å². The summed E-state index contributed by atoms with van der Waals surface area (Å²) in [5, 5.41) is 7.27. The van der Waals surface area contributed by atoms with Gasteiger partial charge in [0.15, 0.2) is 10.9 Å². The Morgan fingerprint density at radius 3 is 2.41 bits per heavy atom. The highest BCUT2D eigenvalue weighted by Gasteiger charge is 2.47. The molecular weight excluding hydrogens is 490 g/mol. The van der Waals surface area contributed by atoms with Gasteiger partial charge in [-0.05, 0) is 23.3 Å². The summed E-state index contributed by atoms with van der Waals surface area (Å²) in [6, 6.07) is 13.9. The van der Waals surface area contributed by atoms with Gasteiger partial charge in [0.1, 0.15) is 17.8 Å². The number of nitrogens with one attached hydrogen (secondary N) is 2. The Balaban J connectivity index is 1.65. The van der Waals surface area contributed by atoms with Crippen molar-refractivity contribution in [1.82, 2.24) is 15.2 Å². The van der Waals surface area contributed by atoms with Crippen LogP contribution in [0.25, 0.3) is 0 Å². The molecule has 2 aromatic carbocycles. The topological polar surface area (TPSA) is 112 Å². The quantitative estimate of drug-likeness (QED) is 0.324. The average molecular weight is 520 g/mol. The molecule has 10 heteroatoms. The molecular formula is C27H29N5O4S. The van der Waals surface area contributed by atoms with E-state index in [1.165, 1.54) is 0 Å². The second-order valence-electron chi connectivity index (χ2n) is 9.02. The van der Waals surface area contributed by atoms with Crippen LogP contribution in [0.5, 0.6) is 0 Å². The number of carbonyl (C=O) groups excluding carboxylic acids is 4. The van der Waals surface area contributed by atoms with Crippen LogP contribution in [0.3, 0.4) is 0 Å². The number of rotatable bonds is 9. The molecule has 2 N–H and O–H groups in total. The summed E-state index contributed by atoms with van der Waals surface area (Å²) in [6.07, 6.45) is 0.296. The van der Waals surface area contributed by atoms with E-state index in [0.29, 0.717) is 12.0 Å². The Morgan fingerprint density at radius 1 is 1.11 bits per heavy atom. The number of ketones is 1. The molecule has 9 nitrogen and oxygen atoms in total. The lowest BCUT2D eigenvalue weighted by Gasteiger charge is -2.29. The molecule has 37 heavy (non-hydrogen) atoms. The van der Waals surface area contributed by atoms with Gasteiger partial charge in [-0.1, -0.05) is 56.3 Å². The smallest absolute Gasteiger partial charge is 0.325 e. The van der Waals surface area contributed by atoms with Gasteiger partial charge in [0.05, 0.1) is 0 Å². The normalized spacial score (nSPS) is 16.8. The van der Waals surface area contributed by atoms with Gasteiger partial charge < -0.3 is 15.5 Å². The number of benzene rings is 2. The highest BCUT2D eigenvalue weighted by Crippen LogP contribution is 2.32. The molecule has 0 saturated carbocycles. The maximum atomic E-state index is 13.6. The molecule has 4 rings (SSSR count). The minimum absolute atomic E-state index is 0.136. The van der Waals surface area contributed by atoms with Gasteiger partial charge in [0.2, 0.25) is 5.91 Å². The molecule has 1 aromatic heterocycles. The van der Waals surface area contributed by atoms with Crippen LogP contribution in [0.2, 0.25) is 0 Å². The van der Waals surface area contributed by atoms with Crippen LogP contribution in [0.4, 0.5) is 15.6 Å². The molecule has 2 unspecified atom stereocenters. The summed E-state index contributed by atoms with van der Waals surface area (Å²) in [4.78, 5) is 59.5. The van der Waals surface area contributed by atoms with E-state index in [4.69, 9.17) is 0 Å². The predicted molar refractivity (Wildman–Crippen MR) is 143 cm³/mol. The molecule has 3 aromatic rings. The molecule has 192 valence electrons. The number of hydrogen-bond donors (Lipinski definition) is 2. The SMILES string of the molecule is CCC(=O)c1csc(NC(=O)C([C@@H](C)c2ccccc2)N2C(=O)NC(c3ccc(N(C)C)cc3)C2=O)n1. The molecule has 1 aliphatic rings. The van der Waals surface area contributed by atoms with Crippen LogP contribution >= 0.6 is 11.3 Å². The molecule has 1 saturated heterocycles. The van der Waals surface area contributed by atoms with E-state index in [1.807, 2.05) is 61.5 Å². The number of imide groups is 1. The van der Waals surface area contributed by atoms with Crippen molar-refractivity contribution in [2.75, 3.05) is 24.3 Å². The van der Waals surface area contributed by atoms with E-state index in [1.54, 1.807) is 31.4 Å². The van der Waals surface area contributed by atoms with Crippen molar-refractivity contribution in [2.24, 2.45) is 0 Å².